The Morgan fingerprint density at radius 3 is 2.08 bits per heavy atom. The van der Waals surface area contributed by atoms with Gasteiger partial charge in [0.25, 0.3) is 0 Å². The Hall–Kier alpha value is -5.19. The first-order chi connectivity index (χ1) is 23.2. The van der Waals surface area contributed by atoms with Gasteiger partial charge < -0.3 is 28.4 Å². The molecule has 2 aromatic rings. The number of carbonyl (C=O) groups is 5. The van der Waals surface area contributed by atoms with Crippen LogP contribution in [-0.2, 0) is 33.3 Å². The quantitative estimate of drug-likeness (QED) is 0.0394. The summed E-state index contributed by atoms with van der Waals surface area (Å²) >= 11 is 0. The van der Waals surface area contributed by atoms with Gasteiger partial charge in [-0.15, -0.1) is 0 Å². The van der Waals surface area contributed by atoms with E-state index >= 15 is 0 Å². The van der Waals surface area contributed by atoms with Gasteiger partial charge in [-0.05, 0) is 86.6 Å². The summed E-state index contributed by atoms with van der Waals surface area (Å²) in [5.41, 5.74) is 1.25. The highest BCUT2D eigenvalue weighted by Gasteiger charge is 2.20. The fourth-order valence-electron chi connectivity index (χ4n) is 4.52. The van der Waals surface area contributed by atoms with E-state index in [4.69, 9.17) is 28.4 Å². The van der Waals surface area contributed by atoms with Crippen molar-refractivity contribution in [2.24, 2.45) is 0 Å². The lowest BCUT2D eigenvalue weighted by Gasteiger charge is -2.21. The minimum atomic E-state index is -0.848. The maximum Gasteiger partial charge on any atom is 0.513 e. The number of ketones is 1. The number of ether oxygens (including phenoxy) is 6. The molecule has 0 amide bonds. The van der Waals surface area contributed by atoms with Gasteiger partial charge in [0.1, 0.15) is 17.6 Å². The number of hydrogen-bond acceptors (Lipinski definition) is 11. The van der Waals surface area contributed by atoms with Crippen LogP contribution >= 0.6 is 0 Å². The lowest BCUT2D eigenvalue weighted by molar-refractivity contribution is -0.151. The van der Waals surface area contributed by atoms with E-state index in [1.807, 2.05) is 0 Å². The lowest BCUT2D eigenvalue weighted by atomic mass is 9.98. The Morgan fingerprint density at radius 2 is 1.40 bits per heavy atom. The number of esters is 3. The number of allylic oxidation sites excluding steroid dienone is 1. The molecule has 11 nitrogen and oxygen atoms in total. The topological polar surface area (TPSA) is 141 Å². The molecular formula is C37H42O11. The first-order valence-electron chi connectivity index (χ1n) is 16.0. The molecule has 0 bridgehead atoms. The number of carbonyl (C=O) groups excluding carboxylic acids is 5. The molecule has 0 heterocycles. The highest BCUT2D eigenvalue weighted by atomic mass is 16.7. The molecule has 0 N–H and O–H groups in total. The predicted octanol–water partition coefficient (Wildman–Crippen LogP) is 6.74. The van der Waals surface area contributed by atoms with Crippen molar-refractivity contribution in [2.75, 3.05) is 26.4 Å². The molecule has 0 saturated heterocycles. The van der Waals surface area contributed by atoms with Gasteiger partial charge in [0.05, 0.1) is 32.8 Å². The van der Waals surface area contributed by atoms with E-state index in [1.54, 1.807) is 54.6 Å². The van der Waals surface area contributed by atoms with Crippen LogP contribution in [0.15, 0.2) is 79.4 Å². The van der Waals surface area contributed by atoms with Crippen LogP contribution in [-0.4, -0.2) is 62.4 Å². The molecule has 0 unspecified atom stereocenters. The van der Waals surface area contributed by atoms with Crippen LogP contribution in [0.1, 0.15) is 73.7 Å². The normalized spacial score (nSPS) is 12.8. The number of rotatable bonds is 19. The summed E-state index contributed by atoms with van der Waals surface area (Å²) in [4.78, 5) is 59.6. The summed E-state index contributed by atoms with van der Waals surface area (Å²) in [5, 5.41) is 0. The maximum atomic E-state index is 12.6. The third-order valence-electron chi connectivity index (χ3n) is 7.10. The second-order valence-corrected chi connectivity index (χ2v) is 10.9. The molecule has 0 aromatic heterocycles. The number of unbranched alkanes of at least 4 members (excludes halogenated alkanes) is 1. The van der Waals surface area contributed by atoms with Crippen molar-refractivity contribution in [3.63, 3.8) is 0 Å². The van der Waals surface area contributed by atoms with Crippen LogP contribution in [0.5, 0.6) is 11.5 Å². The molecule has 0 spiro atoms. The smallest absolute Gasteiger partial charge is 0.493 e. The van der Waals surface area contributed by atoms with E-state index in [2.05, 4.69) is 13.2 Å². The standard InChI is InChI=1S/C37H42O11/c1-3-34(39)44-22-7-8-23-46-37(42)48-32-17-12-28(13-18-32)14-21-33(38)29-15-19-30(20-16-29)43-24-9-25-45-36(41)27(2)26-35(40)47-31-10-5-4-6-11-31/h3,12-21,31H,1-2,4-11,22-26H2/b21-14+. The third kappa shape index (κ3) is 14.5. The minimum absolute atomic E-state index is 0.0604. The summed E-state index contributed by atoms with van der Waals surface area (Å²) < 4.78 is 31.2. The highest BCUT2D eigenvalue weighted by molar-refractivity contribution is 6.06. The molecule has 2 aromatic carbocycles. The van der Waals surface area contributed by atoms with Gasteiger partial charge in [-0.2, -0.15) is 0 Å². The SMILES string of the molecule is C=CC(=O)OCCCCOC(=O)Oc1ccc(/C=C/C(=O)c2ccc(OCCCOC(=O)C(=C)CC(=O)OC3CCCCC3)cc2)cc1. The molecule has 1 saturated carbocycles. The first-order valence-corrected chi connectivity index (χ1v) is 16.0. The fourth-order valence-corrected chi connectivity index (χ4v) is 4.52. The summed E-state index contributed by atoms with van der Waals surface area (Å²) in [5.74, 6) is -0.957. The molecular weight excluding hydrogens is 620 g/mol. The van der Waals surface area contributed by atoms with E-state index in [0.717, 1.165) is 43.7 Å². The fraction of sp³-hybridized carbons (Fsp3) is 0.378. The molecule has 48 heavy (non-hydrogen) atoms. The second kappa shape index (κ2) is 20.8. The van der Waals surface area contributed by atoms with Gasteiger partial charge in [-0.25, -0.2) is 14.4 Å². The van der Waals surface area contributed by atoms with Gasteiger partial charge in [0.15, 0.2) is 5.78 Å². The summed E-state index contributed by atoms with van der Waals surface area (Å²) in [7, 11) is 0. The van der Waals surface area contributed by atoms with Crippen molar-refractivity contribution in [3.8, 4) is 11.5 Å². The minimum Gasteiger partial charge on any atom is -0.493 e. The second-order valence-electron chi connectivity index (χ2n) is 10.9. The first kappa shape index (κ1) is 37.3. The third-order valence-corrected chi connectivity index (χ3v) is 7.10. The van der Waals surface area contributed by atoms with Gasteiger partial charge in [-0.3, -0.25) is 9.59 Å². The Bertz CT molecular complexity index is 1420. The Labute approximate surface area is 280 Å². The largest absolute Gasteiger partial charge is 0.513 e. The average Bonchev–Trinajstić information content (AvgIpc) is 3.09. The van der Waals surface area contributed by atoms with E-state index < -0.39 is 24.1 Å². The van der Waals surface area contributed by atoms with Gasteiger partial charge >= 0.3 is 24.1 Å². The van der Waals surface area contributed by atoms with Crippen molar-refractivity contribution in [1.29, 1.82) is 0 Å². The van der Waals surface area contributed by atoms with Crippen LogP contribution in [0.3, 0.4) is 0 Å². The van der Waals surface area contributed by atoms with Gasteiger partial charge in [0.2, 0.25) is 0 Å². The molecule has 1 aliphatic rings. The van der Waals surface area contributed by atoms with Crippen molar-refractivity contribution in [3.05, 3.63) is 90.5 Å². The molecule has 256 valence electrons. The molecule has 11 heteroatoms. The van der Waals surface area contributed by atoms with Gasteiger partial charge in [0, 0.05) is 23.6 Å². The zero-order valence-electron chi connectivity index (χ0n) is 27.0. The summed E-state index contributed by atoms with van der Waals surface area (Å²) in [6.07, 6.45) is 9.48. The van der Waals surface area contributed by atoms with E-state index in [-0.39, 0.29) is 56.1 Å². The predicted molar refractivity (Wildman–Crippen MR) is 176 cm³/mol. The Balaban J connectivity index is 1.29. The summed E-state index contributed by atoms with van der Waals surface area (Å²) in [6.45, 7) is 7.67. The molecule has 0 radical (unpaired) electrons. The van der Waals surface area contributed by atoms with Crippen molar-refractivity contribution >= 4 is 35.9 Å². The van der Waals surface area contributed by atoms with E-state index in [1.165, 1.54) is 6.08 Å². The van der Waals surface area contributed by atoms with Crippen molar-refractivity contribution < 1.29 is 52.4 Å². The number of benzene rings is 2. The van der Waals surface area contributed by atoms with Crippen molar-refractivity contribution in [2.45, 2.75) is 63.9 Å². The monoisotopic (exact) mass is 662 g/mol. The summed E-state index contributed by atoms with van der Waals surface area (Å²) in [6, 6.07) is 13.2. The Morgan fingerprint density at radius 1 is 0.750 bits per heavy atom. The highest BCUT2D eigenvalue weighted by Crippen LogP contribution is 2.21. The number of hydrogen-bond donors (Lipinski definition) is 0. The zero-order valence-corrected chi connectivity index (χ0v) is 27.0. The molecule has 3 rings (SSSR count). The van der Waals surface area contributed by atoms with Crippen LogP contribution in [0, 0.1) is 0 Å². The maximum absolute atomic E-state index is 12.6. The van der Waals surface area contributed by atoms with Gasteiger partial charge in [-0.1, -0.05) is 37.8 Å². The van der Waals surface area contributed by atoms with Crippen LogP contribution in [0.4, 0.5) is 4.79 Å². The van der Waals surface area contributed by atoms with E-state index in [0.29, 0.717) is 30.6 Å². The average molecular weight is 663 g/mol. The van der Waals surface area contributed by atoms with Crippen LogP contribution < -0.4 is 9.47 Å². The Kier molecular flexibility index (Phi) is 16.2. The van der Waals surface area contributed by atoms with Crippen molar-refractivity contribution in [1.82, 2.24) is 0 Å². The van der Waals surface area contributed by atoms with Crippen LogP contribution in [0.25, 0.3) is 6.08 Å². The molecule has 0 atom stereocenters. The molecule has 0 aliphatic heterocycles. The van der Waals surface area contributed by atoms with Crippen LogP contribution in [0.2, 0.25) is 0 Å². The van der Waals surface area contributed by atoms with E-state index in [9.17, 15) is 24.0 Å². The lowest BCUT2D eigenvalue weighted by Crippen LogP contribution is -2.22. The zero-order chi connectivity index (χ0) is 34.6. The molecule has 1 aliphatic carbocycles. The molecule has 1 fully saturated rings.